The minimum Gasteiger partial charge on any atom is -0.349 e. The van der Waals surface area contributed by atoms with Crippen LogP contribution in [0.4, 0.5) is 13.2 Å². The fourth-order valence-electron chi connectivity index (χ4n) is 5.61. The van der Waals surface area contributed by atoms with Crippen LogP contribution in [0.15, 0.2) is 18.5 Å². The molecule has 170 valence electrons. The van der Waals surface area contributed by atoms with Gasteiger partial charge in [-0.2, -0.15) is 23.4 Å². The zero-order chi connectivity index (χ0) is 22.8. The van der Waals surface area contributed by atoms with Gasteiger partial charge in [0.2, 0.25) is 0 Å². The number of halogens is 3. The van der Waals surface area contributed by atoms with Crippen LogP contribution in [-0.2, 0) is 13.2 Å². The maximum atomic E-state index is 13.8. The Bertz CT molecular complexity index is 1200. The van der Waals surface area contributed by atoms with Gasteiger partial charge in [-0.15, -0.1) is 0 Å². The van der Waals surface area contributed by atoms with Crippen molar-refractivity contribution in [3.8, 4) is 11.3 Å². The lowest BCUT2D eigenvalue weighted by Gasteiger charge is -2.28. The third-order valence-electron chi connectivity index (χ3n) is 7.09. The first-order chi connectivity index (χ1) is 15.1. The summed E-state index contributed by atoms with van der Waals surface area (Å²) in [6, 6.07) is 0.891. The summed E-state index contributed by atoms with van der Waals surface area (Å²) in [5.74, 6) is 1.32. The number of nitrogens with one attached hydrogen (secondary N) is 1. The maximum Gasteiger partial charge on any atom is 0.433 e. The average molecular weight is 446 g/mol. The molecule has 7 nitrogen and oxygen atoms in total. The Hall–Kier alpha value is -2.91. The highest BCUT2D eigenvalue weighted by atomic mass is 19.4. The molecule has 0 spiro atoms. The maximum absolute atomic E-state index is 13.8. The Morgan fingerprint density at radius 3 is 2.66 bits per heavy atom. The molecule has 1 amide bonds. The molecule has 0 aliphatic heterocycles. The molecule has 0 saturated heterocycles. The summed E-state index contributed by atoms with van der Waals surface area (Å²) in [6.45, 7) is 3.68. The SMILES string of the molecule is Cc1nn(C)cc1-c1cc(C(F)(F)F)n2ncc(C(=O)N[C@@H](C)[C@H]3C[C@@H]4CC[C@@H]3C4)c2n1. The van der Waals surface area contributed by atoms with Crippen LogP contribution in [0.1, 0.15) is 54.4 Å². The smallest absolute Gasteiger partial charge is 0.349 e. The van der Waals surface area contributed by atoms with Crippen molar-refractivity contribution in [2.24, 2.45) is 24.8 Å². The van der Waals surface area contributed by atoms with Crippen molar-refractivity contribution in [2.75, 3.05) is 0 Å². The Labute approximate surface area is 183 Å². The molecule has 0 unspecified atom stereocenters. The molecule has 0 radical (unpaired) electrons. The van der Waals surface area contributed by atoms with E-state index >= 15 is 0 Å². The second-order valence-corrected chi connectivity index (χ2v) is 9.22. The van der Waals surface area contributed by atoms with E-state index in [1.807, 2.05) is 6.92 Å². The standard InChI is InChI=1S/C22H25F3N6O/c1-11(15-7-13-4-5-14(15)6-13)27-21(32)16-9-26-31-19(22(23,24)25)8-18(28-20(16)31)17-10-30(3)29-12(17)2/h8-11,13-15H,4-7H2,1-3H3,(H,27,32)/t11-,13+,14+,15+/m0/s1. The summed E-state index contributed by atoms with van der Waals surface area (Å²) in [5.41, 5.74) is 0.0630. The number of fused-ring (bicyclic) bond motifs is 3. The summed E-state index contributed by atoms with van der Waals surface area (Å²) in [5, 5.41) is 11.1. The predicted molar refractivity (Wildman–Crippen MR) is 111 cm³/mol. The average Bonchev–Trinajstić information content (AvgIpc) is 3.49. The van der Waals surface area contributed by atoms with Gasteiger partial charge in [0.15, 0.2) is 11.3 Å². The number of carbonyl (C=O) groups excluding carboxylic acids is 1. The number of rotatable bonds is 4. The third-order valence-corrected chi connectivity index (χ3v) is 7.09. The molecule has 2 bridgehead atoms. The lowest BCUT2D eigenvalue weighted by Crippen LogP contribution is -2.40. The van der Waals surface area contributed by atoms with Crippen molar-refractivity contribution >= 4 is 11.6 Å². The normalized spacial score (nSPS) is 23.8. The topological polar surface area (TPSA) is 77.1 Å². The van der Waals surface area contributed by atoms with Gasteiger partial charge in [-0.3, -0.25) is 9.48 Å². The van der Waals surface area contributed by atoms with E-state index in [9.17, 15) is 18.0 Å². The van der Waals surface area contributed by atoms with Crippen LogP contribution in [0.2, 0.25) is 0 Å². The second-order valence-electron chi connectivity index (χ2n) is 9.22. The van der Waals surface area contributed by atoms with E-state index < -0.39 is 17.8 Å². The molecule has 4 atom stereocenters. The molecular formula is C22H25F3N6O. The van der Waals surface area contributed by atoms with E-state index in [-0.39, 0.29) is 22.9 Å². The van der Waals surface area contributed by atoms with Crippen molar-refractivity contribution < 1.29 is 18.0 Å². The molecule has 2 saturated carbocycles. The van der Waals surface area contributed by atoms with Crippen LogP contribution >= 0.6 is 0 Å². The van der Waals surface area contributed by atoms with Crippen LogP contribution in [0, 0.1) is 24.7 Å². The summed E-state index contributed by atoms with van der Waals surface area (Å²) >= 11 is 0. The Balaban J connectivity index is 1.53. The third kappa shape index (κ3) is 3.45. The van der Waals surface area contributed by atoms with Crippen molar-refractivity contribution in [1.29, 1.82) is 0 Å². The molecular weight excluding hydrogens is 421 g/mol. The molecule has 0 aromatic carbocycles. The van der Waals surface area contributed by atoms with Gasteiger partial charge < -0.3 is 5.32 Å². The minimum absolute atomic E-state index is 0.0360. The van der Waals surface area contributed by atoms with Gasteiger partial charge in [0.1, 0.15) is 5.56 Å². The van der Waals surface area contributed by atoms with E-state index in [0.29, 0.717) is 27.6 Å². The van der Waals surface area contributed by atoms with Gasteiger partial charge in [-0.05, 0) is 56.9 Å². The Kier molecular flexibility index (Phi) is 4.79. The first kappa shape index (κ1) is 21.0. The monoisotopic (exact) mass is 446 g/mol. The van der Waals surface area contributed by atoms with Crippen molar-refractivity contribution in [3.63, 3.8) is 0 Å². The zero-order valence-electron chi connectivity index (χ0n) is 18.1. The van der Waals surface area contributed by atoms with E-state index in [4.69, 9.17) is 0 Å². The fourth-order valence-corrected chi connectivity index (χ4v) is 5.61. The zero-order valence-corrected chi connectivity index (χ0v) is 18.1. The molecule has 5 rings (SSSR count). The fraction of sp³-hybridized carbons (Fsp3) is 0.545. The summed E-state index contributed by atoms with van der Waals surface area (Å²) in [6.07, 6.45) is 2.88. The molecule has 3 aromatic heterocycles. The largest absolute Gasteiger partial charge is 0.433 e. The van der Waals surface area contributed by atoms with Crippen LogP contribution in [0.3, 0.4) is 0 Å². The van der Waals surface area contributed by atoms with Crippen LogP contribution in [0.5, 0.6) is 0 Å². The van der Waals surface area contributed by atoms with Gasteiger partial charge in [0.25, 0.3) is 5.91 Å². The number of nitrogens with zero attached hydrogens (tertiary/aromatic N) is 5. The number of aromatic nitrogens is 5. The number of aryl methyl sites for hydroxylation is 2. The van der Waals surface area contributed by atoms with Crippen molar-refractivity contribution in [2.45, 2.75) is 51.7 Å². The molecule has 32 heavy (non-hydrogen) atoms. The molecule has 2 aliphatic carbocycles. The first-order valence-electron chi connectivity index (χ1n) is 10.9. The highest BCUT2D eigenvalue weighted by molar-refractivity contribution is 6.00. The van der Waals surface area contributed by atoms with Crippen molar-refractivity contribution in [3.05, 3.63) is 35.4 Å². The quantitative estimate of drug-likeness (QED) is 0.657. The number of hydrogen-bond acceptors (Lipinski definition) is 4. The summed E-state index contributed by atoms with van der Waals surface area (Å²) in [7, 11) is 1.69. The van der Waals surface area contributed by atoms with Gasteiger partial charge in [0, 0.05) is 24.8 Å². The number of amides is 1. The Morgan fingerprint density at radius 2 is 2.06 bits per heavy atom. The van der Waals surface area contributed by atoms with E-state index in [0.717, 1.165) is 18.4 Å². The minimum atomic E-state index is -4.66. The first-order valence-corrected chi connectivity index (χ1v) is 10.9. The van der Waals surface area contributed by atoms with Gasteiger partial charge >= 0.3 is 6.18 Å². The van der Waals surface area contributed by atoms with E-state index in [2.05, 4.69) is 20.5 Å². The molecule has 2 fully saturated rings. The lowest BCUT2D eigenvalue weighted by molar-refractivity contribution is -0.142. The van der Waals surface area contributed by atoms with E-state index in [1.165, 1.54) is 30.1 Å². The molecule has 2 aliphatic rings. The van der Waals surface area contributed by atoms with Gasteiger partial charge in [-0.25, -0.2) is 9.50 Å². The van der Waals surface area contributed by atoms with Gasteiger partial charge in [-0.1, -0.05) is 6.42 Å². The van der Waals surface area contributed by atoms with Crippen LogP contribution in [-0.4, -0.2) is 36.3 Å². The summed E-state index contributed by atoms with van der Waals surface area (Å²) < 4.78 is 43.7. The molecule has 10 heteroatoms. The van der Waals surface area contributed by atoms with Crippen molar-refractivity contribution in [1.82, 2.24) is 29.7 Å². The summed E-state index contributed by atoms with van der Waals surface area (Å²) in [4.78, 5) is 17.5. The molecule has 3 heterocycles. The number of carbonyl (C=O) groups is 1. The highest BCUT2D eigenvalue weighted by Crippen LogP contribution is 2.49. The predicted octanol–water partition coefficient (Wildman–Crippen LogP) is 4.01. The van der Waals surface area contributed by atoms with Crippen LogP contribution in [0.25, 0.3) is 16.9 Å². The van der Waals surface area contributed by atoms with Gasteiger partial charge in [0.05, 0.1) is 17.6 Å². The second kappa shape index (κ2) is 7.31. The molecule has 3 aromatic rings. The van der Waals surface area contributed by atoms with E-state index in [1.54, 1.807) is 20.2 Å². The highest BCUT2D eigenvalue weighted by Gasteiger charge is 2.42. The molecule has 1 N–H and O–H groups in total. The number of hydrogen-bond donors (Lipinski definition) is 1. The lowest BCUT2D eigenvalue weighted by atomic mass is 9.84. The Morgan fingerprint density at radius 1 is 1.28 bits per heavy atom. The number of alkyl halides is 3. The van der Waals surface area contributed by atoms with Crippen LogP contribution < -0.4 is 5.32 Å².